The van der Waals surface area contributed by atoms with Crippen molar-refractivity contribution in [2.45, 2.75) is 38.3 Å². The maximum Gasteiger partial charge on any atom is 0.410 e. The van der Waals surface area contributed by atoms with Gasteiger partial charge in [-0.2, -0.15) is 0 Å². The average molecular weight is 246 g/mol. The Bertz CT molecular complexity index is 312. The molecule has 6 heteroatoms. The fourth-order valence-electron chi connectivity index (χ4n) is 2.00. The Morgan fingerprint density at radius 3 is 2.65 bits per heavy atom. The zero-order chi connectivity index (χ0) is 12.7. The molecule has 2 heterocycles. The summed E-state index contributed by atoms with van der Waals surface area (Å²) < 4.78 is 23.9. The van der Waals surface area contributed by atoms with E-state index in [9.17, 15) is 9.18 Å². The second-order valence-electron chi connectivity index (χ2n) is 5.68. The number of alkyl halides is 1. The molecule has 0 aromatic heterocycles. The highest BCUT2D eigenvalue weighted by molar-refractivity contribution is 5.68. The van der Waals surface area contributed by atoms with Gasteiger partial charge in [0.05, 0.1) is 13.1 Å². The number of hydrogen-bond acceptors (Lipinski definition) is 4. The van der Waals surface area contributed by atoms with Crippen LogP contribution in [-0.2, 0) is 9.47 Å². The van der Waals surface area contributed by atoms with Crippen LogP contribution in [0.25, 0.3) is 0 Å². The number of hydrogen-bond donors (Lipinski definition) is 1. The lowest BCUT2D eigenvalue weighted by Crippen LogP contribution is -2.70. The van der Waals surface area contributed by atoms with Crippen LogP contribution in [0.3, 0.4) is 0 Å². The number of ether oxygens (including phenoxy) is 2. The van der Waals surface area contributed by atoms with E-state index >= 15 is 0 Å². The van der Waals surface area contributed by atoms with Gasteiger partial charge in [-0.05, 0) is 20.8 Å². The Balaban J connectivity index is 1.98. The maximum absolute atomic E-state index is 13.4. The van der Waals surface area contributed by atoms with E-state index < -0.39 is 23.7 Å². The highest BCUT2D eigenvalue weighted by Crippen LogP contribution is 2.27. The summed E-state index contributed by atoms with van der Waals surface area (Å²) >= 11 is 0. The number of carbonyl (C=O) groups excluding carboxylic acids is 1. The van der Waals surface area contributed by atoms with E-state index in [0.717, 1.165) is 0 Å². The lowest BCUT2D eigenvalue weighted by molar-refractivity contribution is -0.213. The van der Waals surface area contributed by atoms with Crippen molar-refractivity contribution in [2.75, 3.05) is 26.2 Å². The molecule has 0 aliphatic carbocycles. The van der Waals surface area contributed by atoms with Crippen molar-refractivity contribution in [3.05, 3.63) is 0 Å². The third-order valence-corrected chi connectivity index (χ3v) is 2.77. The predicted octanol–water partition coefficient (Wildman–Crippen LogP) is 0.891. The summed E-state index contributed by atoms with van der Waals surface area (Å²) in [4.78, 5) is 13.2. The van der Waals surface area contributed by atoms with Crippen LogP contribution in [0, 0.1) is 0 Å². The molecule has 0 unspecified atom stereocenters. The van der Waals surface area contributed by atoms with Gasteiger partial charge in [-0.25, -0.2) is 9.18 Å². The summed E-state index contributed by atoms with van der Waals surface area (Å²) in [7, 11) is 0. The van der Waals surface area contributed by atoms with Crippen LogP contribution in [0.15, 0.2) is 0 Å². The van der Waals surface area contributed by atoms with Crippen LogP contribution in [0.2, 0.25) is 0 Å². The molecule has 2 aliphatic heterocycles. The molecule has 98 valence electrons. The fraction of sp³-hybridized carbons (Fsp3) is 0.909. The van der Waals surface area contributed by atoms with Gasteiger partial charge < -0.3 is 14.8 Å². The minimum atomic E-state index is -1.43. The first-order chi connectivity index (χ1) is 7.80. The Kier molecular flexibility index (Phi) is 3.03. The van der Waals surface area contributed by atoms with Gasteiger partial charge >= 0.3 is 6.09 Å². The molecule has 0 saturated carbocycles. The molecule has 0 bridgehead atoms. The van der Waals surface area contributed by atoms with Gasteiger partial charge in [0.15, 0.2) is 0 Å². The quantitative estimate of drug-likeness (QED) is 0.689. The molecule has 0 aromatic rings. The van der Waals surface area contributed by atoms with E-state index in [1.54, 1.807) is 20.8 Å². The molecule has 2 fully saturated rings. The Morgan fingerprint density at radius 1 is 1.53 bits per heavy atom. The molecule has 2 aliphatic rings. The van der Waals surface area contributed by atoms with Gasteiger partial charge in [0.2, 0.25) is 6.36 Å². The summed E-state index contributed by atoms with van der Waals surface area (Å²) in [5.74, 6) is 0. The van der Waals surface area contributed by atoms with Gasteiger partial charge in [-0.3, -0.25) is 4.90 Å². The number of halogens is 1. The lowest BCUT2D eigenvalue weighted by atomic mass is 9.95. The van der Waals surface area contributed by atoms with Crippen molar-refractivity contribution in [1.82, 2.24) is 10.2 Å². The standard InChI is InChI=1S/C11H19FN2O3/c1-10(2,3)17-9(15)14-4-8(12)16-11(7-14)5-13-6-11/h8,13H,4-7H2,1-3H3/t8-/m1/s1. The van der Waals surface area contributed by atoms with Crippen molar-refractivity contribution in [1.29, 1.82) is 0 Å². The van der Waals surface area contributed by atoms with Crippen LogP contribution in [0.4, 0.5) is 9.18 Å². The third-order valence-electron chi connectivity index (χ3n) is 2.77. The van der Waals surface area contributed by atoms with Crippen molar-refractivity contribution in [3.63, 3.8) is 0 Å². The van der Waals surface area contributed by atoms with Crippen LogP contribution in [0.1, 0.15) is 20.8 Å². The van der Waals surface area contributed by atoms with Crippen LogP contribution >= 0.6 is 0 Å². The zero-order valence-electron chi connectivity index (χ0n) is 10.5. The number of nitrogens with one attached hydrogen (secondary N) is 1. The van der Waals surface area contributed by atoms with E-state index in [1.165, 1.54) is 4.90 Å². The molecule has 2 rings (SSSR count). The van der Waals surface area contributed by atoms with E-state index in [4.69, 9.17) is 9.47 Å². The smallest absolute Gasteiger partial charge is 0.410 e. The Labute approximate surface area is 100 Å². The number of carbonyl (C=O) groups is 1. The highest BCUT2D eigenvalue weighted by atomic mass is 19.1. The Morgan fingerprint density at radius 2 is 2.18 bits per heavy atom. The fourth-order valence-corrected chi connectivity index (χ4v) is 2.00. The van der Waals surface area contributed by atoms with Crippen molar-refractivity contribution < 1.29 is 18.7 Å². The van der Waals surface area contributed by atoms with Crippen molar-refractivity contribution in [2.24, 2.45) is 0 Å². The molecule has 2 saturated heterocycles. The molecular formula is C11H19FN2O3. The third kappa shape index (κ3) is 2.87. The molecule has 17 heavy (non-hydrogen) atoms. The largest absolute Gasteiger partial charge is 0.444 e. The summed E-state index contributed by atoms with van der Waals surface area (Å²) in [6, 6.07) is 0. The molecule has 1 atom stereocenters. The van der Waals surface area contributed by atoms with Crippen LogP contribution in [-0.4, -0.2) is 54.7 Å². The minimum Gasteiger partial charge on any atom is -0.444 e. The molecule has 1 N–H and O–H groups in total. The first-order valence-electron chi connectivity index (χ1n) is 5.80. The Hall–Kier alpha value is -0.880. The zero-order valence-corrected chi connectivity index (χ0v) is 10.5. The molecular weight excluding hydrogens is 227 g/mol. The number of morpholine rings is 1. The monoisotopic (exact) mass is 246 g/mol. The van der Waals surface area contributed by atoms with Crippen LogP contribution in [0.5, 0.6) is 0 Å². The number of amides is 1. The van der Waals surface area contributed by atoms with Gasteiger partial charge in [-0.15, -0.1) is 0 Å². The van der Waals surface area contributed by atoms with Gasteiger partial charge in [0.25, 0.3) is 0 Å². The maximum atomic E-state index is 13.4. The molecule has 5 nitrogen and oxygen atoms in total. The first-order valence-corrected chi connectivity index (χ1v) is 5.80. The average Bonchev–Trinajstić information content (AvgIpc) is 2.11. The first kappa shape index (κ1) is 12.6. The van der Waals surface area contributed by atoms with Gasteiger partial charge in [0, 0.05) is 13.1 Å². The summed E-state index contributed by atoms with van der Waals surface area (Å²) in [5, 5.41) is 3.03. The second kappa shape index (κ2) is 4.10. The topological polar surface area (TPSA) is 50.8 Å². The minimum absolute atomic E-state index is 0.0589. The summed E-state index contributed by atoms with van der Waals surface area (Å²) in [6.45, 7) is 6.85. The van der Waals surface area contributed by atoms with Crippen LogP contribution < -0.4 is 5.32 Å². The van der Waals surface area contributed by atoms with E-state index in [0.29, 0.717) is 19.6 Å². The lowest BCUT2D eigenvalue weighted by Gasteiger charge is -2.49. The molecule has 1 spiro atoms. The van der Waals surface area contributed by atoms with Gasteiger partial charge in [-0.1, -0.05) is 0 Å². The summed E-state index contributed by atoms with van der Waals surface area (Å²) in [5.41, 5.74) is -1.12. The van der Waals surface area contributed by atoms with Crippen molar-refractivity contribution in [3.8, 4) is 0 Å². The normalized spacial score (nSPS) is 27.8. The highest BCUT2D eigenvalue weighted by Gasteiger charge is 2.47. The molecule has 0 radical (unpaired) electrons. The van der Waals surface area contributed by atoms with E-state index in [1.807, 2.05) is 0 Å². The number of rotatable bonds is 0. The second-order valence-corrected chi connectivity index (χ2v) is 5.68. The number of nitrogens with zero attached hydrogens (tertiary/aromatic N) is 1. The SMILES string of the molecule is CC(C)(C)OC(=O)N1C[C@H](F)OC2(CNC2)C1. The van der Waals surface area contributed by atoms with E-state index in [2.05, 4.69) is 5.32 Å². The van der Waals surface area contributed by atoms with Crippen molar-refractivity contribution >= 4 is 6.09 Å². The van der Waals surface area contributed by atoms with E-state index in [-0.39, 0.29) is 6.54 Å². The molecule has 1 amide bonds. The molecule has 0 aromatic carbocycles. The summed E-state index contributed by atoms with van der Waals surface area (Å²) in [6.07, 6.45) is -1.91. The van der Waals surface area contributed by atoms with Gasteiger partial charge in [0.1, 0.15) is 11.2 Å². The predicted molar refractivity (Wildman–Crippen MR) is 59.4 cm³/mol.